The first kappa shape index (κ1) is 19.3. The van der Waals surface area contributed by atoms with Crippen molar-refractivity contribution in [3.05, 3.63) is 47.0 Å². The molecule has 2 N–H and O–H groups in total. The van der Waals surface area contributed by atoms with Crippen molar-refractivity contribution in [3.63, 3.8) is 0 Å². The lowest BCUT2D eigenvalue weighted by Gasteiger charge is -2.14. The zero-order valence-electron chi connectivity index (χ0n) is 14.7. The maximum absolute atomic E-state index is 12.0. The van der Waals surface area contributed by atoms with E-state index in [9.17, 15) is 4.79 Å². The Morgan fingerprint density at radius 1 is 1.08 bits per heavy atom. The van der Waals surface area contributed by atoms with Crippen LogP contribution in [0.15, 0.2) is 36.4 Å². The summed E-state index contributed by atoms with van der Waals surface area (Å²) in [6.07, 6.45) is 0. The van der Waals surface area contributed by atoms with E-state index in [-0.39, 0.29) is 6.54 Å². The standard InChI is InChI=1S/C19H19ClN2O4/c1-24-16-11-15(12-17(25-2)18(16)26-3)22-19(23)21-9-5-7-13-6-4-8-14(20)10-13/h4,6,8,10-12H,9H2,1-3H3,(H2,21,22,23). The third kappa shape index (κ3) is 5.23. The number of ether oxygens (including phenoxy) is 3. The number of anilines is 1. The van der Waals surface area contributed by atoms with Gasteiger partial charge in [-0.25, -0.2) is 4.79 Å². The van der Waals surface area contributed by atoms with E-state index in [1.54, 1.807) is 24.3 Å². The van der Waals surface area contributed by atoms with Crippen LogP contribution in [0.4, 0.5) is 10.5 Å². The van der Waals surface area contributed by atoms with Crippen LogP contribution < -0.4 is 24.8 Å². The molecule has 0 spiro atoms. The summed E-state index contributed by atoms with van der Waals surface area (Å²) >= 11 is 5.89. The highest BCUT2D eigenvalue weighted by Crippen LogP contribution is 2.39. The molecule has 7 heteroatoms. The molecule has 2 rings (SSSR count). The highest BCUT2D eigenvalue weighted by molar-refractivity contribution is 6.30. The van der Waals surface area contributed by atoms with Crippen molar-refractivity contribution >= 4 is 23.3 Å². The van der Waals surface area contributed by atoms with Gasteiger partial charge in [0.1, 0.15) is 0 Å². The molecule has 2 amide bonds. The number of nitrogens with one attached hydrogen (secondary N) is 2. The quantitative estimate of drug-likeness (QED) is 0.785. The first-order valence-corrected chi connectivity index (χ1v) is 8.04. The Bertz CT molecular complexity index is 818. The van der Waals surface area contributed by atoms with Crippen LogP contribution in [0.2, 0.25) is 5.02 Å². The van der Waals surface area contributed by atoms with Crippen molar-refractivity contribution in [3.8, 4) is 29.1 Å². The number of urea groups is 1. The van der Waals surface area contributed by atoms with E-state index in [0.29, 0.717) is 28.0 Å². The molecule has 6 nitrogen and oxygen atoms in total. The SMILES string of the molecule is COc1cc(NC(=O)NCC#Cc2cccc(Cl)c2)cc(OC)c1OC. The fourth-order valence-corrected chi connectivity index (χ4v) is 2.36. The minimum absolute atomic E-state index is 0.183. The summed E-state index contributed by atoms with van der Waals surface area (Å²) < 4.78 is 15.7. The van der Waals surface area contributed by atoms with Gasteiger partial charge >= 0.3 is 6.03 Å². The largest absolute Gasteiger partial charge is 0.493 e. The highest BCUT2D eigenvalue weighted by Gasteiger charge is 2.14. The van der Waals surface area contributed by atoms with Gasteiger partial charge in [-0.2, -0.15) is 0 Å². The molecule has 0 heterocycles. The summed E-state index contributed by atoms with van der Waals surface area (Å²) in [7, 11) is 4.53. The van der Waals surface area contributed by atoms with E-state index < -0.39 is 6.03 Å². The van der Waals surface area contributed by atoms with E-state index in [4.69, 9.17) is 25.8 Å². The molecule has 0 aliphatic heterocycles. The first-order valence-electron chi connectivity index (χ1n) is 7.66. The van der Waals surface area contributed by atoms with Crippen LogP contribution in [0.5, 0.6) is 17.2 Å². The van der Waals surface area contributed by atoms with Crippen LogP contribution in [0.3, 0.4) is 0 Å². The van der Waals surface area contributed by atoms with E-state index >= 15 is 0 Å². The molecule has 0 fully saturated rings. The van der Waals surface area contributed by atoms with Crippen LogP contribution in [0.25, 0.3) is 0 Å². The maximum atomic E-state index is 12.0. The van der Waals surface area contributed by atoms with E-state index in [1.165, 1.54) is 21.3 Å². The number of amides is 2. The van der Waals surface area contributed by atoms with Gasteiger partial charge in [-0.1, -0.05) is 29.5 Å². The van der Waals surface area contributed by atoms with Crippen LogP contribution in [-0.4, -0.2) is 33.9 Å². The molecule has 0 atom stereocenters. The van der Waals surface area contributed by atoms with E-state index in [1.807, 2.05) is 12.1 Å². The van der Waals surface area contributed by atoms with Crippen LogP contribution in [-0.2, 0) is 0 Å². The fraction of sp³-hybridized carbons (Fsp3) is 0.211. The van der Waals surface area contributed by atoms with Gasteiger partial charge in [-0.15, -0.1) is 0 Å². The second-order valence-corrected chi connectivity index (χ2v) is 5.47. The van der Waals surface area contributed by atoms with Gasteiger partial charge in [0.25, 0.3) is 0 Å². The maximum Gasteiger partial charge on any atom is 0.319 e. The minimum atomic E-state index is -0.403. The molecule has 0 aromatic heterocycles. The number of hydrogen-bond acceptors (Lipinski definition) is 4. The zero-order chi connectivity index (χ0) is 18.9. The normalized spacial score (nSPS) is 9.54. The second kappa shape index (κ2) is 9.44. The third-order valence-corrected chi connectivity index (χ3v) is 3.55. The molecular weight excluding hydrogens is 356 g/mol. The minimum Gasteiger partial charge on any atom is -0.493 e. The van der Waals surface area contributed by atoms with E-state index in [2.05, 4.69) is 22.5 Å². The first-order chi connectivity index (χ1) is 12.6. The average Bonchev–Trinajstić information content (AvgIpc) is 2.64. The van der Waals surface area contributed by atoms with Gasteiger partial charge in [-0.05, 0) is 18.2 Å². The van der Waals surface area contributed by atoms with Crippen LogP contribution >= 0.6 is 11.6 Å². The van der Waals surface area contributed by atoms with Crippen molar-refractivity contribution < 1.29 is 19.0 Å². The Morgan fingerprint density at radius 3 is 2.35 bits per heavy atom. The van der Waals surface area contributed by atoms with Gasteiger partial charge in [0.2, 0.25) is 5.75 Å². The molecule has 0 radical (unpaired) electrons. The predicted octanol–water partition coefficient (Wildman–Crippen LogP) is 3.54. The number of methoxy groups -OCH3 is 3. The third-order valence-electron chi connectivity index (χ3n) is 3.32. The predicted molar refractivity (Wildman–Crippen MR) is 101 cm³/mol. The van der Waals surface area contributed by atoms with Crippen LogP contribution in [0.1, 0.15) is 5.56 Å². The number of halogens is 1. The van der Waals surface area contributed by atoms with Crippen molar-refractivity contribution in [1.82, 2.24) is 5.32 Å². The molecule has 0 bridgehead atoms. The van der Waals surface area contributed by atoms with Gasteiger partial charge < -0.3 is 24.8 Å². The van der Waals surface area contributed by atoms with Crippen molar-refractivity contribution in [2.75, 3.05) is 33.2 Å². The lowest BCUT2D eigenvalue weighted by molar-refractivity contribution is 0.253. The summed E-state index contributed by atoms with van der Waals surface area (Å²) in [5.41, 5.74) is 1.28. The molecule has 0 aliphatic carbocycles. The number of rotatable bonds is 5. The lowest BCUT2D eigenvalue weighted by atomic mass is 10.2. The average molecular weight is 375 g/mol. The number of benzene rings is 2. The lowest BCUT2D eigenvalue weighted by Crippen LogP contribution is -2.28. The number of carbonyl (C=O) groups is 1. The topological polar surface area (TPSA) is 68.8 Å². The fourth-order valence-electron chi connectivity index (χ4n) is 2.17. The summed E-state index contributed by atoms with van der Waals surface area (Å²) in [6, 6.07) is 10.1. The Labute approximate surface area is 157 Å². The van der Waals surface area contributed by atoms with Gasteiger partial charge in [0, 0.05) is 22.7 Å². The van der Waals surface area contributed by atoms with Crippen molar-refractivity contribution in [2.45, 2.75) is 0 Å². The molecule has 2 aromatic rings. The number of hydrogen-bond donors (Lipinski definition) is 2. The number of carbonyl (C=O) groups excluding carboxylic acids is 1. The highest BCUT2D eigenvalue weighted by atomic mass is 35.5. The Hall–Kier alpha value is -3.04. The Morgan fingerprint density at radius 2 is 1.77 bits per heavy atom. The van der Waals surface area contributed by atoms with Crippen molar-refractivity contribution in [1.29, 1.82) is 0 Å². The summed E-state index contributed by atoms with van der Waals surface area (Å²) in [5.74, 6) is 7.13. The Kier molecular flexibility index (Phi) is 7.01. The summed E-state index contributed by atoms with van der Waals surface area (Å²) in [4.78, 5) is 12.0. The van der Waals surface area contributed by atoms with Gasteiger partial charge in [0.05, 0.1) is 33.6 Å². The molecule has 0 saturated carbocycles. The zero-order valence-corrected chi connectivity index (χ0v) is 15.4. The molecular formula is C19H19ClN2O4. The molecule has 2 aromatic carbocycles. The van der Waals surface area contributed by atoms with E-state index in [0.717, 1.165) is 5.56 Å². The monoisotopic (exact) mass is 374 g/mol. The molecule has 26 heavy (non-hydrogen) atoms. The van der Waals surface area contributed by atoms with Gasteiger partial charge in [0.15, 0.2) is 11.5 Å². The van der Waals surface area contributed by atoms with Gasteiger partial charge in [-0.3, -0.25) is 0 Å². The van der Waals surface area contributed by atoms with Crippen molar-refractivity contribution in [2.24, 2.45) is 0 Å². The smallest absolute Gasteiger partial charge is 0.319 e. The molecule has 136 valence electrons. The Balaban J connectivity index is 1.98. The molecule has 0 saturated heterocycles. The second-order valence-electron chi connectivity index (χ2n) is 5.03. The van der Waals surface area contributed by atoms with Crippen LogP contribution in [0, 0.1) is 11.8 Å². The molecule has 0 unspecified atom stereocenters. The molecule has 0 aliphatic rings. The summed E-state index contributed by atoms with van der Waals surface area (Å²) in [5, 5.41) is 5.96. The summed E-state index contributed by atoms with van der Waals surface area (Å²) in [6.45, 7) is 0.183.